The second-order valence-corrected chi connectivity index (χ2v) is 9.93. The van der Waals surface area contributed by atoms with Crippen LogP contribution in [0.5, 0.6) is 0 Å². The molecule has 0 radical (unpaired) electrons. The van der Waals surface area contributed by atoms with Gasteiger partial charge in [0, 0.05) is 24.3 Å². The van der Waals surface area contributed by atoms with Crippen molar-refractivity contribution in [3.8, 4) is 0 Å². The van der Waals surface area contributed by atoms with Gasteiger partial charge in [-0.05, 0) is 38.8 Å². The van der Waals surface area contributed by atoms with E-state index in [1.54, 1.807) is 0 Å². The zero-order valence-corrected chi connectivity index (χ0v) is 16.5. The van der Waals surface area contributed by atoms with E-state index in [1.807, 2.05) is 47.0 Å². The van der Waals surface area contributed by atoms with Gasteiger partial charge in [-0.25, -0.2) is 0 Å². The summed E-state index contributed by atoms with van der Waals surface area (Å²) >= 11 is 9.73. The summed E-state index contributed by atoms with van der Waals surface area (Å²) in [4.78, 5) is 19.0. The molecule has 0 aromatic heterocycles. The predicted molar refractivity (Wildman–Crippen MR) is 108 cm³/mol. The molecule has 0 spiro atoms. The fraction of sp³-hybridized carbons (Fsp3) is 0. The zero-order chi connectivity index (χ0) is 16.8. The van der Waals surface area contributed by atoms with Gasteiger partial charge in [-0.1, -0.05) is 47.0 Å². The van der Waals surface area contributed by atoms with E-state index in [2.05, 4.69) is 38.8 Å². The third kappa shape index (κ3) is 5.74. The van der Waals surface area contributed by atoms with Crippen LogP contribution in [0.1, 0.15) is 0 Å². The standard InChI is InChI=1S/C6H3IS4.C6H4N2O4/c7-4-3-10-6(11-4)5-8-1-2-9-5;9-7(10)5-1-2-6(4-3-5)8(11)12/h1-3H;1-4H. The molecule has 2 heterocycles. The first-order valence-electron chi connectivity index (χ1n) is 5.79. The molecule has 0 amide bonds. The van der Waals surface area contributed by atoms with E-state index in [9.17, 15) is 20.2 Å². The van der Waals surface area contributed by atoms with Crippen LogP contribution in [0, 0.1) is 20.2 Å². The molecule has 0 saturated carbocycles. The quantitative estimate of drug-likeness (QED) is 0.268. The summed E-state index contributed by atoms with van der Waals surface area (Å²) in [5.74, 6) is 0. The van der Waals surface area contributed by atoms with E-state index in [0.29, 0.717) is 0 Å². The number of non-ortho nitro benzene ring substituents is 2. The summed E-state index contributed by atoms with van der Waals surface area (Å²) in [5, 5.41) is 26.7. The highest BCUT2D eigenvalue weighted by Gasteiger charge is 2.16. The summed E-state index contributed by atoms with van der Waals surface area (Å²) in [6.45, 7) is 0. The molecule has 0 unspecified atom stereocenters. The number of nitro groups is 2. The van der Waals surface area contributed by atoms with E-state index in [0.717, 1.165) is 24.3 Å². The minimum absolute atomic E-state index is 0.152. The lowest BCUT2D eigenvalue weighted by Gasteiger charge is -1.98. The van der Waals surface area contributed by atoms with Gasteiger partial charge < -0.3 is 0 Å². The third-order valence-corrected chi connectivity index (χ3v) is 8.50. The van der Waals surface area contributed by atoms with Gasteiger partial charge in [-0.15, -0.1) is 0 Å². The zero-order valence-electron chi connectivity index (χ0n) is 11.1. The van der Waals surface area contributed by atoms with Crippen LogP contribution < -0.4 is 0 Å². The minimum atomic E-state index is -0.607. The van der Waals surface area contributed by atoms with E-state index in [-0.39, 0.29) is 11.4 Å². The van der Waals surface area contributed by atoms with Crippen molar-refractivity contribution in [1.82, 2.24) is 0 Å². The summed E-state index contributed by atoms with van der Waals surface area (Å²) in [7, 11) is 0. The Hall–Kier alpha value is -0.630. The molecule has 2 aliphatic heterocycles. The summed E-state index contributed by atoms with van der Waals surface area (Å²) in [6, 6.07) is 4.38. The fourth-order valence-corrected chi connectivity index (χ4v) is 6.87. The number of nitrogens with zero attached hydrogens (tertiary/aromatic N) is 2. The number of nitro benzene ring substituents is 2. The van der Waals surface area contributed by atoms with Crippen LogP contribution in [0.4, 0.5) is 11.4 Å². The Morgan fingerprint density at radius 3 is 1.65 bits per heavy atom. The second-order valence-electron chi connectivity index (χ2n) is 3.76. The van der Waals surface area contributed by atoms with Crippen LogP contribution in [0.3, 0.4) is 0 Å². The Bertz CT molecular complexity index is 675. The second kappa shape index (κ2) is 9.01. The van der Waals surface area contributed by atoms with Crippen molar-refractivity contribution in [1.29, 1.82) is 0 Å². The number of hydrogen-bond donors (Lipinski definition) is 0. The molecule has 0 N–H and O–H groups in total. The van der Waals surface area contributed by atoms with Crippen molar-refractivity contribution < 1.29 is 9.85 Å². The van der Waals surface area contributed by atoms with Crippen molar-refractivity contribution in [2.45, 2.75) is 0 Å². The van der Waals surface area contributed by atoms with Gasteiger partial charge in [0.05, 0.1) is 21.2 Å². The first-order chi connectivity index (χ1) is 11.0. The van der Waals surface area contributed by atoms with Crippen LogP contribution >= 0.6 is 69.6 Å². The number of hydrogen-bond acceptors (Lipinski definition) is 8. The van der Waals surface area contributed by atoms with Crippen LogP contribution in [-0.4, -0.2) is 9.85 Å². The van der Waals surface area contributed by atoms with Crippen molar-refractivity contribution >= 4 is 81.0 Å². The molecule has 1 aromatic carbocycles. The van der Waals surface area contributed by atoms with Crippen molar-refractivity contribution in [2.24, 2.45) is 0 Å². The highest BCUT2D eigenvalue weighted by Crippen LogP contribution is 2.54. The lowest BCUT2D eigenvalue weighted by molar-refractivity contribution is -0.389. The molecule has 1 aromatic rings. The lowest BCUT2D eigenvalue weighted by Crippen LogP contribution is -1.90. The van der Waals surface area contributed by atoms with Crippen LogP contribution in [0.15, 0.2) is 51.9 Å². The summed E-state index contributed by atoms with van der Waals surface area (Å²) in [5.41, 5.74) is -0.304. The normalized spacial score (nSPS) is 16.0. The molecular formula is C12H7IN2O4S4. The van der Waals surface area contributed by atoms with Gasteiger partial charge in [-0.3, -0.25) is 20.2 Å². The van der Waals surface area contributed by atoms with Crippen LogP contribution in [0.2, 0.25) is 0 Å². The topological polar surface area (TPSA) is 86.3 Å². The predicted octanol–water partition coefficient (Wildman–Crippen LogP) is 6.28. The third-order valence-electron chi connectivity index (χ3n) is 2.29. The smallest absolute Gasteiger partial charge is 0.258 e. The molecule has 6 nitrogen and oxygen atoms in total. The maximum absolute atomic E-state index is 10.1. The van der Waals surface area contributed by atoms with Crippen molar-refractivity contribution in [3.05, 3.63) is 72.1 Å². The summed E-state index contributed by atoms with van der Waals surface area (Å²) in [6.07, 6.45) is 0. The minimum Gasteiger partial charge on any atom is -0.258 e. The number of rotatable bonds is 2. The average molecular weight is 498 g/mol. The van der Waals surface area contributed by atoms with Gasteiger partial charge in [0.1, 0.15) is 0 Å². The molecule has 3 rings (SSSR count). The van der Waals surface area contributed by atoms with E-state index in [4.69, 9.17) is 0 Å². The van der Waals surface area contributed by atoms with Gasteiger partial charge in [0.15, 0.2) is 0 Å². The molecule has 0 saturated heterocycles. The van der Waals surface area contributed by atoms with Crippen molar-refractivity contribution in [2.75, 3.05) is 0 Å². The Morgan fingerprint density at radius 1 is 0.826 bits per heavy atom. The van der Waals surface area contributed by atoms with E-state index >= 15 is 0 Å². The molecule has 0 atom stereocenters. The Labute approximate surface area is 162 Å². The first-order valence-corrected chi connectivity index (χ1v) is 10.3. The first kappa shape index (κ1) is 18.7. The molecule has 2 aliphatic rings. The highest BCUT2D eigenvalue weighted by molar-refractivity contribution is 14.1. The average Bonchev–Trinajstić information content (AvgIpc) is 3.19. The Balaban J connectivity index is 0.000000167. The fourth-order valence-electron chi connectivity index (χ4n) is 1.33. The maximum atomic E-state index is 10.1. The molecule has 11 heteroatoms. The highest BCUT2D eigenvalue weighted by atomic mass is 127. The molecule has 0 aliphatic carbocycles. The van der Waals surface area contributed by atoms with E-state index < -0.39 is 9.85 Å². The summed E-state index contributed by atoms with van der Waals surface area (Å²) < 4.78 is 4.25. The molecule has 0 fully saturated rings. The number of halogens is 1. The number of thioether (sulfide) groups is 4. The van der Waals surface area contributed by atoms with Crippen molar-refractivity contribution in [3.63, 3.8) is 0 Å². The maximum Gasteiger partial charge on any atom is 0.269 e. The van der Waals surface area contributed by atoms with Gasteiger partial charge in [-0.2, -0.15) is 0 Å². The van der Waals surface area contributed by atoms with Gasteiger partial charge in [0.2, 0.25) is 0 Å². The van der Waals surface area contributed by atoms with Crippen LogP contribution in [-0.2, 0) is 0 Å². The van der Waals surface area contributed by atoms with Crippen LogP contribution in [0.25, 0.3) is 0 Å². The Kier molecular flexibility index (Phi) is 7.33. The Morgan fingerprint density at radius 2 is 1.30 bits per heavy atom. The molecule has 120 valence electrons. The largest absolute Gasteiger partial charge is 0.269 e. The molecular weight excluding hydrogens is 491 g/mol. The molecule has 23 heavy (non-hydrogen) atoms. The van der Waals surface area contributed by atoms with E-state index in [1.165, 1.54) is 11.4 Å². The number of benzene rings is 1. The lowest BCUT2D eigenvalue weighted by atomic mass is 10.3. The van der Waals surface area contributed by atoms with Gasteiger partial charge >= 0.3 is 0 Å². The SMILES string of the molecule is IC1=CSC(=C2SC=CS2)S1.O=[N+]([O-])c1ccc([N+](=O)[O-])cc1. The monoisotopic (exact) mass is 498 g/mol. The molecule has 0 bridgehead atoms. The van der Waals surface area contributed by atoms with Gasteiger partial charge in [0.25, 0.3) is 11.4 Å².